The fourth-order valence-electron chi connectivity index (χ4n) is 2.27. The van der Waals surface area contributed by atoms with Crippen LogP contribution < -0.4 is 25.6 Å². The molecule has 31 heavy (non-hydrogen) atoms. The molecule has 0 saturated carbocycles. The van der Waals surface area contributed by atoms with Gasteiger partial charge in [0.05, 0.1) is 24.8 Å². The quantitative estimate of drug-likeness (QED) is 0.296. The molecule has 0 aliphatic carbocycles. The highest BCUT2D eigenvalue weighted by Gasteiger charge is 2.14. The normalized spacial score (nSPS) is 9.90. The van der Waals surface area contributed by atoms with Crippen LogP contribution in [-0.4, -0.2) is 43.2 Å². The van der Waals surface area contributed by atoms with Crippen LogP contribution in [0, 0.1) is 0 Å². The average Bonchev–Trinajstić information content (AvgIpc) is 2.76. The minimum Gasteiger partial charge on any atom is -0.496 e. The predicted molar refractivity (Wildman–Crippen MR) is 120 cm³/mol. The topological polar surface area (TPSA) is 115 Å². The number of esters is 1. The van der Waals surface area contributed by atoms with Crippen LogP contribution in [0.2, 0.25) is 0 Å². The predicted octanol–water partition coefficient (Wildman–Crippen LogP) is 2.35. The summed E-state index contributed by atoms with van der Waals surface area (Å²) in [5, 5.41) is 2.32. The maximum Gasteiger partial charge on any atom is 0.338 e. The van der Waals surface area contributed by atoms with Crippen molar-refractivity contribution in [2.45, 2.75) is 6.92 Å². The molecule has 0 heterocycles. The largest absolute Gasteiger partial charge is 0.496 e. The number of amides is 2. The molecule has 3 N–H and O–H groups in total. The maximum absolute atomic E-state index is 12.3. The second-order valence-corrected chi connectivity index (χ2v) is 7.16. The van der Waals surface area contributed by atoms with Gasteiger partial charge in [0.1, 0.15) is 11.5 Å². The third kappa shape index (κ3) is 7.54. The van der Waals surface area contributed by atoms with Crippen LogP contribution in [0.3, 0.4) is 0 Å². The number of hydrazine groups is 1. The van der Waals surface area contributed by atoms with Crippen LogP contribution >= 0.6 is 28.1 Å². The number of nitrogens with one attached hydrogen (secondary N) is 3. The molecule has 0 aliphatic heterocycles. The van der Waals surface area contributed by atoms with E-state index in [0.717, 1.165) is 0 Å². The Morgan fingerprint density at radius 2 is 1.77 bits per heavy atom. The smallest absolute Gasteiger partial charge is 0.338 e. The monoisotopic (exact) mass is 509 g/mol. The lowest BCUT2D eigenvalue weighted by Gasteiger charge is -2.13. The molecule has 11 heteroatoms. The van der Waals surface area contributed by atoms with Crippen molar-refractivity contribution in [2.75, 3.05) is 20.3 Å². The summed E-state index contributed by atoms with van der Waals surface area (Å²) in [6.07, 6.45) is 0. The molecule has 0 saturated heterocycles. The number of benzene rings is 2. The molecule has 0 spiro atoms. The summed E-state index contributed by atoms with van der Waals surface area (Å²) >= 11 is 8.29. The van der Waals surface area contributed by atoms with Crippen LogP contribution in [0.5, 0.6) is 11.5 Å². The molecule has 164 valence electrons. The lowest BCUT2D eigenvalue weighted by atomic mass is 10.2. The molecule has 0 radical (unpaired) electrons. The fraction of sp³-hybridized carbons (Fsp3) is 0.200. The second-order valence-electron chi connectivity index (χ2n) is 5.83. The van der Waals surface area contributed by atoms with Crippen molar-refractivity contribution in [3.63, 3.8) is 0 Å². The Bertz CT molecular complexity index is 968. The van der Waals surface area contributed by atoms with E-state index in [4.69, 9.17) is 26.4 Å². The van der Waals surface area contributed by atoms with Crippen molar-refractivity contribution in [3.05, 3.63) is 58.1 Å². The summed E-state index contributed by atoms with van der Waals surface area (Å²) < 4.78 is 16.1. The lowest BCUT2D eigenvalue weighted by molar-refractivity contribution is -0.123. The lowest BCUT2D eigenvalue weighted by Crippen LogP contribution is -2.49. The van der Waals surface area contributed by atoms with Gasteiger partial charge < -0.3 is 14.2 Å². The van der Waals surface area contributed by atoms with Gasteiger partial charge in [-0.05, 0) is 61.6 Å². The first kappa shape index (κ1) is 24.1. The first-order chi connectivity index (χ1) is 14.8. The summed E-state index contributed by atoms with van der Waals surface area (Å²) in [6, 6.07) is 11.1. The Balaban J connectivity index is 1.78. The number of hydrogen-bond acceptors (Lipinski definition) is 7. The number of thiocarbonyl (C=S) groups is 1. The third-order valence-electron chi connectivity index (χ3n) is 3.68. The zero-order valence-electron chi connectivity index (χ0n) is 16.7. The number of rotatable bonds is 7. The number of carbonyl (C=O) groups is 3. The van der Waals surface area contributed by atoms with Crippen LogP contribution in [0.4, 0.5) is 0 Å². The van der Waals surface area contributed by atoms with Gasteiger partial charge in [0, 0.05) is 4.47 Å². The summed E-state index contributed by atoms with van der Waals surface area (Å²) in [7, 11) is 1.45. The van der Waals surface area contributed by atoms with Gasteiger partial charge in [-0.15, -0.1) is 0 Å². The molecule has 2 rings (SSSR count). The van der Waals surface area contributed by atoms with E-state index < -0.39 is 17.8 Å². The van der Waals surface area contributed by atoms with Crippen molar-refractivity contribution in [1.82, 2.24) is 16.2 Å². The van der Waals surface area contributed by atoms with Gasteiger partial charge in [0.2, 0.25) is 0 Å². The van der Waals surface area contributed by atoms with Gasteiger partial charge in [-0.3, -0.25) is 25.8 Å². The van der Waals surface area contributed by atoms with Crippen molar-refractivity contribution in [1.29, 1.82) is 0 Å². The highest BCUT2D eigenvalue weighted by Crippen LogP contribution is 2.22. The number of carbonyl (C=O) groups excluding carboxylic acids is 3. The van der Waals surface area contributed by atoms with Crippen LogP contribution in [0.25, 0.3) is 0 Å². The van der Waals surface area contributed by atoms with E-state index in [2.05, 4.69) is 32.1 Å². The van der Waals surface area contributed by atoms with Crippen molar-refractivity contribution in [3.8, 4) is 11.5 Å². The van der Waals surface area contributed by atoms with E-state index in [1.54, 1.807) is 37.3 Å². The van der Waals surface area contributed by atoms with E-state index in [0.29, 0.717) is 21.5 Å². The molecule has 0 aromatic heterocycles. The van der Waals surface area contributed by atoms with Crippen LogP contribution in [0.15, 0.2) is 46.9 Å². The van der Waals surface area contributed by atoms with Crippen molar-refractivity contribution in [2.24, 2.45) is 0 Å². The highest BCUT2D eigenvalue weighted by molar-refractivity contribution is 9.10. The number of hydrogen-bond donors (Lipinski definition) is 3. The van der Waals surface area contributed by atoms with E-state index in [-0.39, 0.29) is 23.9 Å². The molecule has 0 fully saturated rings. The Hall–Kier alpha value is -3.18. The van der Waals surface area contributed by atoms with Gasteiger partial charge in [-0.25, -0.2) is 4.79 Å². The molecule has 0 unspecified atom stereocenters. The second kappa shape index (κ2) is 11.9. The molecular formula is C20H20BrN3O6S. The maximum atomic E-state index is 12.3. The molecule has 2 aromatic rings. The summed E-state index contributed by atoms with van der Waals surface area (Å²) in [5.74, 6) is -0.725. The minimum absolute atomic E-state index is 0.112. The van der Waals surface area contributed by atoms with E-state index in [1.165, 1.54) is 19.2 Å². The Labute approximate surface area is 192 Å². The zero-order valence-corrected chi connectivity index (χ0v) is 19.1. The van der Waals surface area contributed by atoms with E-state index in [1.807, 2.05) is 0 Å². The molecule has 9 nitrogen and oxygen atoms in total. The Morgan fingerprint density at radius 1 is 1.06 bits per heavy atom. The Kier molecular flexibility index (Phi) is 9.22. The Morgan fingerprint density at radius 3 is 2.42 bits per heavy atom. The molecule has 0 bridgehead atoms. The number of methoxy groups -OCH3 is 1. The molecule has 0 atom stereocenters. The standard InChI is InChI=1S/C20H20BrN3O6S/c1-3-29-19(27)12-4-7-14(8-5-12)30-11-17(25)23-24-20(31)22-18(26)15-10-13(21)6-9-16(15)28-2/h4-10H,3,11H2,1-2H3,(H,23,25)(H2,22,24,26,31). The van der Waals surface area contributed by atoms with Crippen LogP contribution in [0.1, 0.15) is 27.6 Å². The van der Waals surface area contributed by atoms with Gasteiger partial charge in [-0.1, -0.05) is 15.9 Å². The highest BCUT2D eigenvalue weighted by atomic mass is 79.9. The average molecular weight is 510 g/mol. The minimum atomic E-state index is -0.536. The summed E-state index contributed by atoms with van der Waals surface area (Å²) in [6.45, 7) is 1.68. The van der Waals surface area contributed by atoms with Gasteiger partial charge in [-0.2, -0.15) is 0 Å². The zero-order chi connectivity index (χ0) is 22.8. The SMILES string of the molecule is CCOC(=O)c1ccc(OCC(=O)NNC(=S)NC(=O)c2cc(Br)ccc2OC)cc1. The molecule has 2 aromatic carbocycles. The molecular weight excluding hydrogens is 490 g/mol. The molecule has 2 amide bonds. The van der Waals surface area contributed by atoms with Gasteiger partial charge in [0.15, 0.2) is 11.7 Å². The van der Waals surface area contributed by atoms with Crippen molar-refractivity contribution >= 4 is 51.0 Å². The third-order valence-corrected chi connectivity index (χ3v) is 4.38. The van der Waals surface area contributed by atoms with Crippen molar-refractivity contribution < 1.29 is 28.6 Å². The van der Waals surface area contributed by atoms with Gasteiger partial charge >= 0.3 is 5.97 Å². The number of halogens is 1. The fourth-order valence-corrected chi connectivity index (χ4v) is 2.78. The van der Waals surface area contributed by atoms with E-state index in [9.17, 15) is 14.4 Å². The first-order valence-corrected chi connectivity index (χ1v) is 10.2. The van der Waals surface area contributed by atoms with Gasteiger partial charge in [0.25, 0.3) is 11.8 Å². The van der Waals surface area contributed by atoms with Crippen LogP contribution in [-0.2, 0) is 9.53 Å². The number of ether oxygens (including phenoxy) is 3. The summed E-state index contributed by atoms with van der Waals surface area (Å²) in [4.78, 5) is 35.9. The summed E-state index contributed by atoms with van der Waals surface area (Å²) in [5.41, 5.74) is 5.37. The van der Waals surface area contributed by atoms with E-state index >= 15 is 0 Å². The first-order valence-electron chi connectivity index (χ1n) is 8.97. The molecule has 0 aliphatic rings.